The van der Waals surface area contributed by atoms with Gasteiger partial charge in [0, 0.05) is 30.8 Å². The summed E-state index contributed by atoms with van der Waals surface area (Å²) in [7, 11) is 0. The van der Waals surface area contributed by atoms with Crippen LogP contribution < -0.4 is 10.6 Å². The van der Waals surface area contributed by atoms with Crippen molar-refractivity contribution in [1.29, 1.82) is 0 Å². The molecule has 0 aliphatic heterocycles. The molecule has 2 aromatic rings. The molecule has 7 heteroatoms. The highest BCUT2D eigenvalue weighted by Crippen LogP contribution is 2.36. The number of anilines is 1. The first-order valence-electron chi connectivity index (χ1n) is 8.33. The second-order valence-electron chi connectivity index (χ2n) is 6.21. The highest BCUT2D eigenvalue weighted by Gasteiger charge is 2.30. The maximum atomic E-state index is 12.1. The zero-order chi connectivity index (χ0) is 17.8. The Balaban J connectivity index is 1.50. The fourth-order valence-corrected chi connectivity index (χ4v) is 3.05. The number of hydrogen-bond donors (Lipinski definition) is 3. The van der Waals surface area contributed by atoms with Crippen molar-refractivity contribution < 1.29 is 9.90 Å². The number of benzene rings is 1. The number of aliphatic hydroxyl groups is 1. The predicted molar refractivity (Wildman–Crippen MR) is 97.0 cm³/mol. The van der Waals surface area contributed by atoms with Gasteiger partial charge in [0.15, 0.2) is 0 Å². The molecule has 1 aromatic heterocycles. The molecule has 1 fully saturated rings. The van der Waals surface area contributed by atoms with E-state index in [1.54, 1.807) is 24.3 Å². The molecular formula is C18H21ClN4O2. The monoisotopic (exact) mass is 360 g/mol. The van der Waals surface area contributed by atoms with Crippen LogP contribution in [0, 0.1) is 6.92 Å². The normalized spacial score (nSPS) is 19.2. The first-order chi connectivity index (χ1) is 12.0. The quantitative estimate of drug-likeness (QED) is 0.689. The van der Waals surface area contributed by atoms with Gasteiger partial charge in [-0.2, -0.15) is 0 Å². The first kappa shape index (κ1) is 17.6. The first-order valence-corrected chi connectivity index (χ1v) is 8.71. The predicted octanol–water partition coefficient (Wildman–Crippen LogP) is 2.52. The van der Waals surface area contributed by atoms with Crippen molar-refractivity contribution in [2.45, 2.75) is 31.8 Å². The molecule has 0 unspecified atom stereocenters. The molecule has 1 aromatic carbocycles. The Labute approximate surface area is 151 Å². The van der Waals surface area contributed by atoms with Crippen LogP contribution in [0.1, 0.15) is 40.6 Å². The van der Waals surface area contributed by atoms with E-state index in [2.05, 4.69) is 20.6 Å². The maximum Gasteiger partial charge on any atom is 0.252 e. The van der Waals surface area contributed by atoms with Crippen molar-refractivity contribution in [2.24, 2.45) is 0 Å². The number of rotatable bonds is 6. The Morgan fingerprint density at radius 1 is 1.28 bits per heavy atom. The van der Waals surface area contributed by atoms with Crippen molar-refractivity contribution >= 4 is 23.3 Å². The molecule has 0 atom stereocenters. The number of hydrogen-bond acceptors (Lipinski definition) is 5. The van der Waals surface area contributed by atoms with E-state index in [1.807, 2.05) is 13.0 Å². The number of carbonyl (C=O) groups excluding carboxylic acids is 1. The number of amides is 1. The van der Waals surface area contributed by atoms with E-state index in [0.717, 1.165) is 24.4 Å². The van der Waals surface area contributed by atoms with E-state index in [0.29, 0.717) is 35.4 Å². The SMILES string of the molecule is Cc1nc(NCCNC(=O)c2ccccc2Cl)cc(C2CC(O)C2)n1. The van der Waals surface area contributed by atoms with Crippen LogP contribution >= 0.6 is 11.6 Å². The van der Waals surface area contributed by atoms with Gasteiger partial charge in [0.1, 0.15) is 11.6 Å². The molecule has 0 spiro atoms. The van der Waals surface area contributed by atoms with Gasteiger partial charge in [-0.1, -0.05) is 23.7 Å². The van der Waals surface area contributed by atoms with Crippen molar-refractivity contribution in [3.8, 4) is 0 Å². The third-order valence-electron chi connectivity index (χ3n) is 4.22. The van der Waals surface area contributed by atoms with Gasteiger partial charge < -0.3 is 15.7 Å². The van der Waals surface area contributed by atoms with Gasteiger partial charge in [-0.05, 0) is 31.9 Å². The minimum absolute atomic E-state index is 0.199. The summed E-state index contributed by atoms with van der Waals surface area (Å²) in [5, 5.41) is 15.9. The van der Waals surface area contributed by atoms with E-state index in [1.165, 1.54) is 0 Å². The summed E-state index contributed by atoms with van der Waals surface area (Å²) in [4.78, 5) is 20.9. The number of nitrogens with zero attached hydrogens (tertiary/aromatic N) is 2. The Hall–Kier alpha value is -2.18. The molecule has 0 radical (unpaired) electrons. The van der Waals surface area contributed by atoms with E-state index in [9.17, 15) is 9.90 Å². The number of halogens is 1. The van der Waals surface area contributed by atoms with Gasteiger partial charge >= 0.3 is 0 Å². The molecule has 6 nitrogen and oxygen atoms in total. The third kappa shape index (κ3) is 4.46. The smallest absolute Gasteiger partial charge is 0.252 e. The second-order valence-corrected chi connectivity index (χ2v) is 6.62. The van der Waals surface area contributed by atoms with Crippen LogP contribution in [0.2, 0.25) is 5.02 Å². The number of aliphatic hydroxyl groups excluding tert-OH is 1. The number of carbonyl (C=O) groups is 1. The standard InChI is InChI=1S/C18H21ClN4O2/c1-11-22-16(12-8-13(24)9-12)10-17(23-11)20-6-7-21-18(25)14-4-2-3-5-15(14)19/h2-5,10,12-13,24H,6-9H2,1H3,(H,21,25)(H,20,22,23). The van der Waals surface area contributed by atoms with E-state index >= 15 is 0 Å². The van der Waals surface area contributed by atoms with Gasteiger partial charge in [-0.3, -0.25) is 4.79 Å². The Kier molecular flexibility index (Phi) is 5.50. The summed E-state index contributed by atoms with van der Waals surface area (Å²) < 4.78 is 0. The van der Waals surface area contributed by atoms with E-state index < -0.39 is 0 Å². The molecule has 0 saturated heterocycles. The van der Waals surface area contributed by atoms with Gasteiger partial charge in [-0.15, -0.1) is 0 Å². The van der Waals surface area contributed by atoms with Crippen molar-refractivity contribution in [3.63, 3.8) is 0 Å². The van der Waals surface area contributed by atoms with Crippen LogP contribution in [0.25, 0.3) is 0 Å². The molecule has 1 aliphatic carbocycles. The Bertz CT molecular complexity index is 762. The molecule has 3 N–H and O–H groups in total. The average molecular weight is 361 g/mol. The third-order valence-corrected chi connectivity index (χ3v) is 4.55. The summed E-state index contributed by atoms with van der Waals surface area (Å²) >= 11 is 6.01. The van der Waals surface area contributed by atoms with Gasteiger partial charge in [0.05, 0.1) is 16.7 Å². The highest BCUT2D eigenvalue weighted by atomic mass is 35.5. The van der Waals surface area contributed by atoms with Crippen LogP contribution in [0.15, 0.2) is 30.3 Å². The Morgan fingerprint density at radius 2 is 2.04 bits per heavy atom. The summed E-state index contributed by atoms with van der Waals surface area (Å²) in [5.41, 5.74) is 1.42. The summed E-state index contributed by atoms with van der Waals surface area (Å²) in [5.74, 6) is 1.53. The second kappa shape index (κ2) is 7.80. The topological polar surface area (TPSA) is 87.1 Å². The fourth-order valence-electron chi connectivity index (χ4n) is 2.83. The molecule has 1 aliphatic rings. The van der Waals surface area contributed by atoms with Crippen LogP contribution in [-0.4, -0.2) is 40.2 Å². The summed E-state index contributed by atoms with van der Waals surface area (Å²) in [6.07, 6.45) is 1.30. The maximum absolute atomic E-state index is 12.1. The van der Waals surface area contributed by atoms with Gasteiger partial charge in [-0.25, -0.2) is 9.97 Å². The zero-order valence-electron chi connectivity index (χ0n) is 14.0. The Morgan fingerprint density at radius 3 is 2.76 bits per heavy atom. The molecule has 25 heavy (non-hydrogen) atoms. The summed E-state index contributed by atoms with van der Waals surface area (Å²) in [6.45, 7) is 2.84. The molecular weight excluding hydrogens is 340 g/mol. The number of aryl methyl sites for hydroxylation is 1. The highest BCUT2D eigenvalue weighted by molar-refractivity contribution is 6.33. The molecule has 1 saturated carbocycles. The largest absolute Gasteiger partial charge is 0.393 e. The lowest BCUT2D eigenvalue weighted by atomic mass is 9.80. The lowest BCUT2D eigenvalue weighted by molar-refractivity contribution is 0.0731. The van der Waals surface area contributed by atoms with Crippen molar-refractivity contribution in [2.75, 3.05) is 18.4 Å². The van der Waals surface area contributed by atoms with Gasteiger partial charge in [0.2, 0.25) is 0 Å². The van der Waals surface area contributed by atoms with E-state index in [-0.39, 0.29) is 12.0 Å². The zero-order valence-corrected chi connectivity index (χ0v) is 14.8. The molecule has 3 rings (SSSR count). The fraction of sp³-hybridized carbons (Fsp3) is 0.389. The minimum Gasteiger partial charge on any atom is -0.393 e. The van der Waals surface area contributed by atoms with Gasteiger partial charge in [0.25, 0.3) is 5.91 Å². The lowest BCUT2D eigenvalue weighted by Crippen LogP contribution is -2.29. The van der Waals surface area contributed by atoms with Crippen LogP contribution in [0.3, 0.4) is 0 Å². The molecule has 1 amide bonds. The van der Waals surface area contributed by atoms with Crippen molar-refractivity contribution in [1.82, 2.24) is 15.3 Å². The summed E-state index contributed by atoms with van der Waals surface area (Å²) in [6, 6.07) is 8.87. The van der Waals surface area contributed by atoms with Crippen molar-refractivity contribution in [3.05, 3.63) is 52.4 Å². The molecule has 1 heterocycles. The lowest BCUT2D eigenvalue weighted by Gasteiger charge is -2.31. The number of aromatic nitrogens is 2. The van der Waals surface area contributed by atoms with Crippen LogP contribution in [0.4, 0.5) is 5.82 Å². The molecule has 132 valence electrons. The molecule has 0 bridgehead atoms. The van der Waals surface area contributed by atoms with E-state index in [4.69, 9.17) is 11.6 Å². The van der Waals surface area contributed by atoms with Crippen LogP contribution in [0.5, 0.6) is 0 Å². The average Bonchev–Trinajstić information content (AvgIpc) is 2.55. The minimum atomic E-state index is -0.211. The number of nitrogens with one attached hydrogen (secondary N) is 2. The van der Waals surface area contributed by atoms with Crippen LogP contribution in [-0.2, 0) is 0 Å².